The zero-order chi connectivity index (χ0) is 20.4. The van der Waals surface area contributed by atoms with Crippen LogP contribution in [0.1, 0.15) is 34.3 Å². The van der Waals surface area contributed by atoms with Crippen LogP contribution in [0.25, 0.3) is 0 Å². The van der Waals surface area contributed by atoms with E-state index in [1.165, 1.54) is 33.2 Å². The van der Waals surface area contributed by atoms with Gasteiger partial charge in [0.25, 0.3) is 5.91 Å². The Bertz CT molecular complexity index is 950. The van der Waals surface area contributed by atoms with Crippen LogP contribution < -0.4 is 5.32 Å². The molecule has 1 atom stereocenters. The maximum atomic E-state index is 13.1. The Morgan fingerprint density at radius 3 is 2.37 bits per heavy atom. The summed E-state index contributed by atoms with van der Waals surface area (Å²) in [4.78, 5) is 23.4. The molecule has 2 N–H and O–H groups in total. The number of carboxylic acid groups (broad SMARTS) is 1. The van der Waals surface area contributed by atoms with Crippen molar-refractivity contribution in [2.75, 3.05) is 14.1 Å². The van der Waals surface area contributed by atoms with Gasteiger partial charge in [-0.3, -0.25) is 9.59 Å². The van der Waals surface area contributed by atoms with Crippen LogP contribution >= 0.6 is 0 Å². The molecule has 10 heteroatoms. The summed E-state index contributed by atoms with van der Waals surface area (Å²) in [7, 11) is -1.11. The van der Waals surface area contributed by atoms with Crippen molar-refractivity contribution in [2.45, 2.75) is 24.3 Å². The molecule has 1 heterocycles. The van der Waals surface area contributed by atoms with Gasteiger partial charge in [-0.15, -0.1) is 0 Å². The lowest BCUT2D eigenvalue weighted by Gasteiger charge is -2.16. The number of aryl methyl sites for hydroxylation is 1. The Labute approximate surface area is 155 Å². The van der Waals surface area contributed by atoms with Crippen molar-refractivity contribution in [2.24, 2.45) is 0 Å². The van der Waals surface area contributed by atoms with E-state index < -0.39 is 40.2 Å². The number of carbonyl (C=O) groups is 2. The second-order valence-electron chi connectivity index (χ2n) is 5.99. The van der Waals surface area contributed by atoms with Gasteiger partial charge >= 0.3 is 5.97 Å². The first-order valence-corrected chi connectivity index (χ1v) is 9.27. The van der Waals surface area contributed by atoms with E-state index >= 15 is 0 Å². The molecule has 1 amide bonds. The highest BCUT2D eigenvalue weighted by molar-refractivity contribution is 7.89. The maximum absolute atomic E-state index is 13.1. The van der Waals surface area contributed by atoms with Gasteiger partial charge in [-0.25, -0.2) is 17.1 Å². The third-order valence-corrected chi connectivity index (χ3v) is 5.73. The molecule has 8 nitrogen and oxygen atoms in total. The second kappa shape index (κ2) is 7.89. The van der Waals surface area contributed by atoms with E-state index in [0.717, 1.165) is 22.5 Å². The van der Waals surface area contributed by atoms with Gasteiger partial charge in [-0.05, 0) is 24.6 Å². The van der Waals surface area contributed by atoms with E-state index in [-0.39, 0.29) is 16.4 Å². The molecule has 0 fully saturated rings. The number of rotatable bonds is 7. The molecule has 2 rings (SSSR count). The molecule has 0 saturated carbocycles. The largest absolute Gasteiger partial charge is 0.481 e. The van der Waals surface area contributed by atoms with Gasteiger partial charge < -0.3 is 14.8 Å². The summed E-state index contributed by atoms with van der Waals surface area (Å²) in [5.74, 6) is -2.69. The zero-order valence-corrected chi connectivity index (χ0v) is 15.7. The molecule has 0 spiro atoms. The first-order chi connectivity index (χ1) is 12.5. The number of benzene rings is 1. The van der Waals surface area contributed by atoms with E-state index in [9.17, 15) is 22.4 Å². The topological polar surface area (TPSA) is 117 Å². The van der Waals surface area contributed by atoms with Crippen molar-refractivity contribution in [3.05, 3.63) is 53.2 Å². The molecule has 27 heavy (non-hydrogen) atoms. The van der Waals surface area contributed by atoms with Crippen molar-refractivity contribution < 1.29 is 31.9 Å². The SMILES string of the molecule is Cc1oc(C(=O)NC(CC(=O)O)c2ccc(F)cc2)cc1S(=O)(=O)N(C)C. The normalized spacial score (nSPS) is 12.8. The first kappa shape index (κ1) is 20.6. The monoisotopic (exact) mass is 398 g/mol. The fraction of sp³-hybridized carbons (Fsp3) is 0.294. The van der Waals surface area contributed by atoms with E-state index in [0.29, 0.717) is 5.56 Å². The Morgan fingerprint density at radius 1 is 1.26 bits per heavy atom. The van der Waals surface area contributed by atoms with Crippen molar-refractivity contribution in [3.8, 4) is 0 Å². The minimum atomic E-state index is -3.80. The van der Waals surface area contributed by atoms with Crippen molar-refractivity contribution in [1.29, 1.82) is 0 Å². The number of carbonyl (C=O) groups excluding carboxylic acids is 1. The Balaban J connectivity index is 2.30. The summed E-state index contributed by atoms with van der Waals surface area (Å²) in [5, 5.41) is 11.5. The number of nitrogens with zero attached hydrogens (tertiary/aromatic N) is 1. The Hall–Kier alpha value is -2.72. The van der Waals surface area contributed by atoms with E-state index in [2.05, 4.69) is 5.32 Å². The summed E-state index contributed by atoms with van der Waals surface area (Å²) in [5.41, 5.74) is 0.386. The molecule has 2 aromatic rings. The molecule has 1 aromatic carbocycles. The quantitative estimate of drug-likeness (QED) is 0.736. The van der Waals surface area contributed by atoms with Crippen LogP contribution in [0.5, 0.6) is 0 Å². The van der Waals surface area contributed by atoms with Gasteiger partial charge in [0.15, 0.2) is 5.76 Å². The van der Waals surface area contributed by atoms with Crippen LogP contribution in [0.3, 0.4) is 0 Å². The van der Waals surface area contributed by atoms with Gasteiger partial charge in [0.1, 0.15) is 16.5 Å². The lowest BCUT2D eigenvalue weighted by molar-refractivity contribution is -0.137. The van der Waals surface area contributed by atoms with Crippen molar-refractivity contribution >= 4 is 21.9 Å². The average Bonchev–Trinajstić information content (AvgIpc) is 2.97. The smallest absolute Gasteiger partial charge is 0.305 e. The number of halogens is 1. The highest BCUT2D eigenvalue weighted by atomic mass is 32.2. The number of furan rings is 1. The van der Waals surface area contributed by atoms with Crippen LogP contribution in [0.2, 0.25) is 0 Å². The van der Waals surface area contributed by atoms with Gasteiger partial charge in [0, 0.05) is 20.2 Å². The number of hydrogen-bond donors (Lipinski definition) is 2. The van der Waals surface area contributed by atoms with E-state index in [1.807, 2.05) is 0 Å². The third kappa shape index (κ3) is 4.72. The molecule has 146 valence electrons. The molecule has 0 bridgehead atoms. The number of aliphatic carboxylic acids is 1. The first-order valence-electron chi connectivity index (χ1n) is 7.83. The van der Waals surface area contributed by atoms with Crippen LogP contribution in [0.15, 0.2) is 39.6 Å². The minimum absolute atomic E-state index is 0.0328. The predicted molar refractivity (Wildman–Crippen MR) is 93.2 cm³/mol. The lowest BCUT2D eigenvalue weighted by Crippen LogP contribution is -2.30. The highest BCUT2D eigenvalue weighted by Crippen LogP contribution is 2.24. The summed E-state index contributed by atoms with van der Waals surface area (Å²) < 4.78 is 43.8. The molecule has 0 radical (unpaired) electrons. The molecule has 1 aromatic heterocycles. The molecule has 0 aliphatic rings. The average molecular weight is 398 g/mol. The summed E-state index contributed by atoms with van der Waals surface area (Å²) in [6, 6.07) is 5.15. The molecular formula is C17H19FN2O6S. The number of sulfonamides is 1. The standard InChI is InChI=1S/C17H19FN2O6S/c1-10-15(27(24,25)20(2)3)9-14(26-10)17(23)19-13(8-16(21)22)11-4-6-12(18)7-5-11/h4-7,9,13H,8H2,1-3H3,(H,19,23)(H,21,22). The summed E-state index contributed by atoms with van der Waals surface area (Å²) in [6.07, 6.45) is -0.445. The molecule has 0 aliphatic carbocycles. The third-order valence-electron chi connectivity index (χ3n) is 3.81. The molecule has 0 saturated heterocycles. The van der Waals surface area contributed by atoms with Crippen molar-refractivity contribution in [1.82, 2.24) is 9.62 Å². The van der Waals surface area contributed by atoms with Gasteiger partial charge in [-0.2, -0.15) is 0 Å². The van der Waals surface area contributed by atoms with E-state index in [1.54, 1.807) is 0 Å². The molecule has 0 aliphatic heterocycles. The number of amides is 1. The van der Waals surface area contributed by atoms with Gasteiger partial charge in [0.05, 0.1) is 12.5 Å². The highest BCUT2D eigenvalue weighted by Gasteiger charge is 2.27. The minimum Gasteiger partial charge on any atom is -0.481 e. The number of hydrogen-bond acceptors (Lipinski definition) is 5. The lowest BCUT2D eigenvalue weighted by atomic mass is 10.0. The van der Waals surface area contributed by atoms with Crippen LogP contribution in [0.4, 0.5) is 4.39 Å². The number of nitrogens with one attached hydrogen (secondary N) is 1. The second-order valence-corrected chi connectivity index (χ2v) is 8.11. The number of carboxylic acids is 1. The van der Waals surface area contributed by atoms with Crippen molar-refractivity contribution in [3.63, 3.8) is 0 Å². The van der Waals surface area contributed by atoms with E-state index in [4.69, 9.17) is 9.52 Å². The summed E-state index contributed by atoms with van der Waals surface area (Å²) in [6.45, 7) is 1.40. The van der Waals surface area contributed by atoms with Gasteiger partial charge in [-0.1, -0.05) is 12.1 Å². The molecule has 1 unspecified atom stereocenters. The fourth-order valence-electron chi connectivity index (χ4n) is 2.38. The fourth-order valence-corrected chi connectivity index (χ4v) is 3.44. The summed E-state index contributed by atoms with van der Waals surface area (Å²) >= 11 is 0. The van der Waals surface area contributed by atoms with Crippen LogP contribution in [-0.2, 0) is 14.8 Å². The molecular weight excluding hydrogens is 379 g/mol. The predicted octanol–water partition coefficient (Wildman–Crippen LogP) is 1.92. The zero-order valence-electron chi connectivity index (χ0n) is 14.9. The Kier molecular flexibility index (Phi) is 6.01. The van der Waals surface area contributed by atoms with Crippen LogP contribution in [-0.4, -0.2) is 43.8 Å². The van der Waals surface area contributed by atoms with Gasteiger partial charge in [0.2, 0.25) is 10.0 Å². The Morgan fingerprint density at radius 2 is 1.85 bits per heavy atom. The van der Waals surface area contributed by atoms with Crippen LogP contribution in [0, 0.1) is 12.7 Å². The maximum Gasteiger partial charge on any atom is 0.305 e.